The normalized spacial score (nSPS) is 19.6. The Morgan fingerprint density at radius 1 is 1.18 bits per heavy atom. The van der Waals surface area contributed by atoms with Crippen molar-refractivity contribution in [2.75, 3.05) is 24.5 Å². The zero-order valence-electron chi connectivity index (χ0n) is 13.8. The van der Waals surface area contributed by atoms with Gasteiger partial charge < -0.3 is 4.90 Å². The van der Waals surface area contributed by atoms with Crippen LogP contribution in [0, 0.1) is 13.8 Å². The first-order valence-corrected chi connectivity index (χ1v) is 7.80. The molecule has 3 rings (SSSR count). The van der Waals surface area contributed by atoms with Crippen LogP contribution >= 0.6 is 0 Å². The lowest BCUT2D eigenvalue weighted by Crippen LogP contribution is -2.52. The van der Waals surface area contributed by atoms with Gasteiger partial charge in [-0.1, -0.05) is 0 Å². The molecule has 1 unspecified atom stereocenters. The minimum Gasteiger partial charge on any atom is -0.338 e. The van der Waals surface area contributed by atoms with Gasteiger partial charge in [-0.3, -0.25) is 9.58 Å². The van der Waals surface area contributed by atoms with Crippen molar-refractivity contribution >= 4 is 5.95 Å². The van der Waals surface area contributed by atoms with Crippen molar-refractivity contribution in [2.45, 2.75) is 33.4 Å². The molecule has 0 N–H and O–H groups in total. The monoisotopic (exact) mass is 300 g/mol. The van der Waals surface area contributed by atoms with Crippen molar-refractivity contribution in [3.63, 3.8) is 0 Å². The van der Waals surface area contributed by atoms with Gasteiger partial charge in [-0.05, 0) is 26.8 Å². The molecule has 6 nitrogen and oxygen atoms in total. The summed E-state index contributed by atoms with van der Waals surface area (Å²) in [6.07, 6.45) is 4.04. The van der Waals surface area contributed by atoms with Crippen molar-refractivity contribution in [3.05, 3.63) is 35.4 Å². The van der Waals surface area contributed by atoms with Crippen LogP contribution in [0.2, 0.25) is 0 Å². The molecule has 2 aromatic rings. The molecule has 0 aliphatic carbocycles. The van der Waals surface area contributed by atoms with Gasteiger partial charge in [0, 0.05) is 62.4 Å². The first-order chi connectivity index (χ1) is 10.5. The van der Waals surface area contributed by atoms with Gasteiger partial charge in [0.25, 0.3) is 0 Å². The second-order valence-electron chi connectivity index (χ2n) is 6.24. The number of aryl methyl sites for hydroxylation is 3. The van der Waals surface area contributed by atoms with E-state index in [4.69, 9.17) is 0 Å². The van der Waals surface area contributed by atoms with E-state index in [9.17, 15) is 0 Å². The average Bonchev–Trinajstić information content (AvgIpc) is 2.85. The van der Waals surface area contributed by atoms with Gasteiger partial charge in [-0.25, -0.2) is 9.97 Å². The molecule has 6 heteroatoms. The lowest BCUT2D eigenvalue weighted by Gasteiger charge is -2.39. The summed E-state index contributed by atoms with van der Waals surface area (Å²) in [6, 6.07) is 2.49. The van der Waals surface area contributed by atoms with Crippen molar-refractivity contribution in [1.29, 1.82) is 0 Å². The molecule has 0 bridgehead atoms. The SMILES string of the molecule is Cc1cc(C)nc(N2CCN(Cc3cnn(C)c3)C(C)C2)n1. The Bertz CT molecular complexity index is 630. The number of hydrogen-bond donors (Lipinski definition) is 0. The summed E-state index contributed by atoms with van der Waals surface area (Å²) < 4.78 is 1.86. The van der Waals surface area contributed by atoms with E-state index in [0.717, 1.165) is 43.5 Å². The van der Waals surface area contributed by atoms with Crippen LogP contribution < -0.4 is 4.90 Å². The predicted octanol–water partition coefficient (Wildman–Crippen LogP) is 1.54. The van der Waals surface area contributed by atoms with Gasteiger partial charge in [0.1, 0.15) is 0 Å². The Morgan fingerprint density at radius 2 is 1.91 bits per heavy atom. The summed E-state index contributed by atoms with van der Waals surface area (Å²) in [5.41, 5.74) is 3.34. The molecule has 0 saturated carbocycles. The minimum absolute atomic E-state index is 0.471. The highest BCUT2D eigenvalue weighted by atomic mass is 15.3. The van der Waals surface area contributed by atoms with Gasteiger partial charge in [0.15, 0.2) is 0 Å². The van der Waals surface area contributed by atoms with Gasteiger partial charge in [-0.2, -0.15) is 5.10 Å². The zero-order valence-corrected chi connectivity index (χ0v) is 13.8. The molecule has 3 heterocycles. The first-order valence-electron chi connectivity index (χ1n) is 7.80. The van der Waals surface area contributed by atoms with E-state index in [0.29, 0.717) is 6.04 Å². The molecule has 0 radical (unpaired) electrons. The van der Waals surface area contributed by atoms with Crippen molar-refractivity contribution < 1.29 is 0 Å². The molecule has 0 aromatic carbocycles. The lowest BCUT2D eigenvalue weighted by atomic mass is 10.1. The molecule has 1 aliphatic rings. The van der Waals surface area contributed by atoms with E-state index in [1.165, 1.54) is 5.56 Å². The van der Waals surface area contributed by atoms with E-state index in [1.807, 2.05) is 37.8 Å². The summed E-state index contributed by atoms with van der Waals surface area (Å²) >= 11 is 0. The second kappa shape index (κ2) is 6.04. The van der Waals surface area contributed by atoms with Gasteiger partial charge in [0.2, 0.25) is 5.95 Å². The summed E-state index contributed by atoms with van der Waals surface area (Å²) in [7, 11) is 1.96. The molecule has 22 heavy (non-hydrogen) atoms. The highest BCUT2D eigenvalue weighted by Crippen LogP contribution is 2.18. The lowest BCUT2D eigenvalue weighted by molar-refractivity contribution is 0.180. The molecule has 1 saturated heterocycles. The molecular weight excluding hydrogens is 276 g/mol. The number of anilines is 1. The Labute approximate surface area is 131 Å². The molecule has 0 amide bonds. The summed E-state index contributed by atoms with van der Waals surface area (Å²) in [6.45, 7) is 10.2. The molecule has 1 atom stereocenters. The highest BCUT2D eigenvalue weighted by molar-refractivity contribution is 5.33. The van der Waals surface area contributed by atoms with E-state index in [1.54, 1.807) is 0 Å². The highest BCUT2D eigenvalue weighted by Gasteiger charge is 2.25. The summed E-state index contributed by atoms with van der Waals surface area (Å²) in [4.78, 5) is 14.0. The Balaban J connectivity index is 1.66. The van der Waals surface area contributed by atoms with E-state index >= 15 is 0 Å². The summed E-state index contributed by atoms with van der Waals surface area (Å²) in [5.74, 6) is 0.866. The maximum absolute atomic E-state index is 4.59. The van der Waals surface area contributed by atoms with Gasteiger partial charge >= 0.3 is 0 Å². The van der Waals surface area contributed by atoms with Crippen LogP contribution in [0.15, 0.2) is 18.5 Å². The predicted molar refractivity (Wildman–Crippen MR) is 86.8 cm³/mol. The largest absolute Gasteiger partial charge is 0.338 e. The topological polar surface area (TPSA) is 50.1 Å². The number of rotatable bonds is 3. The zero-order chi connectivity index (χ0) is 15.7. The third-order valence-electron chi connectivity index (χ3n) is 4.16. The van der Waals surface area contributed by atoms with Crippen LogP contribution in [0.3, 0.4) is 0 Å². The van der Waals surface area contributed by atoms with Gasteiger partial charge in [-0.15, -0.1) is 0 Å². The van der Waals surface area contributed by atoms with E-state index in [2.05, 4.69) is 38.0 Å². The molecule has 118 valence electrons. The quantitative estimate of drug-likeness (QED) is 0.860. The number of hydrogen-bond acceptors (Lipinski definition) is 5. The van der Waals surface area contributed by atoms with Gasteiger partial charge in [0.05, 0.1) is 6.20 Å². The second-order valence-corrected chi connectivity index (χ2v) is 6.24. The molecule has 1 aliphatic heterocycles. The van der Waals surface area contributed by atoms with Crippen molar-refractivity contribution in [1.82, 2.24) is 24.6 Å². The average molecular weight is 300 g/mol. The van der Waals surface area contributed by atoms with Crippen molar-refractivity contribution in [3.8, 4) is 0 Å². The maximum atomic E-state index is 4.59. The third kappa shape index (κ3) is 3.27. The fraction of sp³-hybridized carbons (Fsp3) is 0.562. The molecule has 2 aromatic heterocycles. The van der Waals surface area contributed by atoms with Crippen LogP contribution in [0.4, 0.5) is 5.95 Å². The fourth-order valence-electron chi connectivity index (χ4n) is 3.05. The molecule has 0 spiro atoms. The third-order valence-corrected chi connectivity index (χ3v) is 4.16. The maximum Gasteiger partial charge on any atom is 0.225 e. The first kappa shape index (κ1) is 15.0. The Kier molecular flexibility index (Phi) is 4.11. The van der Waals surface area contributed by atoms with Crippen LogP contribution in [0.5, 0.6) is 0 Å². The number of nitrogens with zero attached hydrogens (tertiary/aromatic N) is 6. The Morgan fingerprint density at radius 3 is 2.50 bits per heavy atom. The van der Waals surface area contributed by atoms with E-state index in [-0.39, 0.29) is 0 Å². The standard InChI is InChI=1S/C16H24N6/c1-12-7-13(2)19-16(18-12)22-6-5-21(14(3)9-22)11-15-8-17-20(4)10-15/h7-8,10,14H,5-6,9,11H2,1-4H3. The Hall–Kier alpha value is -1.95. The number of piperazine rings is 1. The smallest absolute Gasteiger partial charge is 0.225 e. The molecular formula is C16H24N6. The fourth-order valence-corrected chi connectivity index (χ4v) is 3.05. The van der Waals surface area contributed by atoms with Crippen LogP contribution in [0.25, 0.3) is 0 Å². The summed E-state index contributed by atoms with van der Waals surface area (Å²) in [5, 5.41) is 4.25. The van der Waals surface area contributed by atoms with Crippen LogP contribution in [0.1, 0.15) is 23.9 Å². The minimum atomic E-state index is 0.471. The molecule has 1 fully saturated rings. The van der Waals surface area contributed by atoms with Crippen LogP contribution in [-0.2, 0) is 13.6 Å². The number of aromatic nitrogens is 4. The van der Waals surface area contributed by atoms with Crippen molar-refractivity contribution in [2.24, 2.45) is 7.05 Å². The van der Waals surface area contributed by atoms with Crippen LogP contribution in [-0.4, -0.2) is 50.3 Å². The van der Waals surface area contributed by atoms with E-state index < -0.39 is 0 Å².